The molecule has 2 amide bonds. The molecule has 5 rings (SSSR count). The maximum absolute atomic E-state index is 13.4. The van der Waals surface area contributed by atoms with Crippen LogP contribution in [0.5, 0.6) is 5.75 Å². The van der Waals surface area contributed by atoms with E-state index < -0.39 is 20.1 Å². The van der Waals surface area contributed by atoms with Crippen molar-refractivity contribution in [1.29, 1.82) is 0 Å². The molecule has 0 spiro atoms. The van der Waals surface area contributed by atoms with Crippen LogP contribution in [0, 0.1) is 5.92 Å². The van der Waals surface area contributed by atoms with Crippen LogP contribution in [0.15, 0.2) is 65.9 Å². The number of nitrogens with zero attached hydrogens (tertiary/aromatic N) is 1. The number of rotatable bonds is 9. The molecule has 0 aromatic heterocycles. The number of carbonyl (C=O) groups is 3. The van der Waals surface area contributed by atoms with E-state index in [4.69, 9.17) is 9.47 Å². The number of amides is 2. The van der Waals surface area contributed by atoms with Crippen molar-refractivity contribution in [2.75, 3.05) is 7.11 Å². The number of hydrogen-bond donors (Lipinski definition) is 1. The lowest BCUT2D eigenvalue weighted by Crippen LogP contribution is -2.72. The molecule has 1 aliphatic carbocycles. The van der Waals surface area contributed by atoms with Crippen molar-refractivity contribution in [2.45, 2.75) is 61.8 Å². The number of methoxy groups -OCH3 is 1. The predicted molar refractivity (Wildman–Crippen MR) is 150 cm³/mol. The van der Waals surface area contributed by atoms with E-state index in [0.717, 1.165) is 34.9 Å². The minimum atomic E-state index is -1.32. The number of thioether (sulfide) groups is 1. The van der Waals surface area contributed by atoms with Crippen LogP contribution in [0.25, 0.3) is 0 Å². The molecular formula is C29H34N2O5SSi. The normalized spacial score (nSPS) is 24.0. The summed E-state index contributed by atoms with van der Waals surface area (Å²) >= 11 is 1.71. The van der Waals surface area contributed by atoms with Crippen LogP contribution >= 0.6 is 11.8 Å². The zero-order valence-corrected chi connectivity index (χ0v) is 24.0. The topological polar surface area (TPSA) is 84.9 Å². The van der Waals surface area contributed by atoms with E-state index >= 15 is 0 Å². The van der Waals surface area contributed by atoms with Gasteiger partial charge in [0.1, 0.15) is 29.5 Å². The highest BCUT2D eigenvalue weighted by atomic mass is 32.2. The number of benzene rings is 2. The molecule has 0 unspecified atom stereocenters. The molecule has 2 fully saturated rings. The lowest BCUT2D eigenvalue weighted by atomic mass is 9.78. The standard InChI is InChI=1S/C29H34N2O5SSi/c1-35-21-12-10-19(11-13-21)16-36-29(34)25-22-15-20(17-38(2,3)4)26(22)37-28-24(27(33)31(25)28)30-23(32)14-18-8-6-5-7-9-18/h5-13,20,24,26,28H,14-17H2,1-4H3,(H,30,32)/t20-,24-,26+,28-/m1/s1. The Morgan fingerprint density at radius 2 is 1.76 bits per heavy atom. The summed E-state index contributed by atoms with van der Waals surface area (Å²) in [7, 11) is 0.287. The van der Waals surface area contributed by atoms with E-state index in [9.17, 15) is 14.4 Å². The van der Waals surface area contributed by atoms with Crippen LogP contribution in [0.3, 0.4) is 0 Å². The average molecular weight is 551 g/mol. The summed E-state index contributed by atoms with van der Waals surface area (Å²) in [6, 6.07) is 17.3. The molecule has 38 heavy (non-hydrogen) atoms. The van der Waals surface area contributed by atoms with Crippen molar-refractivity contribution in [3.63, 3.8) is 0 Å². The van der Waals surface area contributed by atoms with Crippen molar-refractivity contribution in [2.24, 2.45) is 5.92 Å². The Hall–Kier alpha value is -3.04. The maximum Gasteiger partial charge on any atom is 0.355 e. The van der Waals surface area contributed by atoms with Gasteiger partial charge in [-0.2, -0.15) is 0 Å². The van der Waals surface area contributed by atoms with Gasteiger partial charge in [0.05, 0.1) is 13.5 Å². The van der Waals surface area contributed by atoms with E-state index in [1.54, 1.807) is 23.8 Å². The summed E-state index contributed by atoms with van der Waals surface area (Å²) < 4.78 is 10.9. The van der Waals surface area contributed by atoms with E-state index in [2.05, 4.69) is 25.0 Å². The van der Waals surface area contributed by atoms with Crippen LogP contribution in [0.1, 0.15) is 17.5 Å². The molecule has 200 valence electrons. The lowest BCUT2D eigenvalue weighted by molar-refractivity contribution is -0.153. The minimum absolute atomic E-state index is 0.111. The highest BCUT2D eigenvalue weighted by molar-refractivity contribution is 8.01. The Labute approximate surface area is 229 Å². The van der Waals surface area contributed by atoms with Gasteiger partial charge in [0, 0.05) is 13.3 Å². The van der Waals surface area contributed by atoms with E-state index in [1.807, 2.05) is 54.6 Å². The zero-order valence-electron chi connectivity index (χ0n) is 22.2. The quantitative estimate of drug-likeness (QED) is 0.284. The number of β-lactam (4-membered cyclic amide) rings is 1. The van der Waals surface area contributed by atoms with Gasteiger partial charge in [-0.15, -0.1) is 11.8 Å². The third kappa shape index (κ3) is 5.40. The summed E-state index contributed by atoms with van der Waals surface area (Å²) in [6.45, 7) is 7.19. The Bertz CT molecular complexity index is 1260. The smallest absolute Gasteiger partial charge is 0.355 e. The summed E-state index contributed by atoms with van der Waals surface area (Å²) in [5.74, 6) is 0.291. The fraction of sp³-hybridized carbons (Fsp3) is 0.414. The van der Waals surface area contributed by atoms with E-state index in [1.165, 1.54) is 0 Å². The van der Waals surface area contributed by atoms with Gasteiger partial charge in [0.15, 0.2) is 0 Å². The van der Waals surface area contributed by atoms with Crippen LogP contribution in [-0.4, -0.2) is 54.5 Å². The molecule has 9 heteroatoms. The molecule has 3 aliphatic rings. The second-order valence-corrected chi connectivity index (χ2v) is 18.2. The van der Waals surface area contributed by atoms with Crippen molar-refractivity contribution >= 4 is 37.6 Å². The van der Waals surface area contributed by atoms with Gasteiger partial charge in [-0.25, -0.2) is 4.79 Å². The molecule has 0 radical (unpaired) electrons. The first-order valence-corrected chi connectivity index (χ1v) is 17.6. The summed E-state index contributed by atoms with van der Waals surface area (Å²) in [5, 5.41) is 2.81. The van der Waals surface area contributed by atoms with Crippen molar-refractivity contribution < 1.29 is 23.9 Å². The molecule has 7 nitrogen and oxygen atoms in total. The zero-order chi connectivity index (χ0) is 27.0. The largest absolute Gasteiger partial charge is 0.497 e. The molecule has 0 bridgehead atoms. The average Bonchev–Trinajstić information content (AvgIpc) is 2.88. The number of hydrogen-bond acceptors (Lipinski definition) is 6. The number of fused-ring (bicyclic) bond motifs is 2. The van der Waals surface area contributed by atoms with Crippen LogP contribution in [-0.2, 0) is 32.1 Å². The molecule has 2 aliphatic heterocycles. The molecule has 1 N–H and O–H groups in total. The van der Waals surface area contributed by atoms with Gasteiger partial charge < -0.3 is 14.8 Å². The third-order valence-electron chi connectivity index (χ3n) is 7.25. The number of carbonyl (C=O) groups excluding carboxylic acids is 3. The summed E-state index contributed by atoms with van der Waals surface area (Å²) in [6.07, 6.45) is 1.03. The van der Waals surface area contributed by atoms with Gasteiger partial charge >= 0.3 is 5.97 Å². The first-order valence-electron chi connectivity index (χ1n) is 13.0. The highest BCUT2D eigenvalue weighted by Gasteiger charge is 2.60. The second kappa shape index (κ2) is 10.6. The molecule has 1 saturated heterocycles. The Balaban J connectivity index is 1.32. The van der Waals surface area contributed by atoms with Crippen molar-refractivity contribution in [3.8, 4) is 5.75 Å². The highest BCUT2D eigenvalue weighted by Crippen LogP contribution is 2.56. The van der Waals surface area contributed by atoms with Crippen LogP contribution in [0.2, 0.25) is 25.7 Å². The Morgan fingerprint density at radius 1 is 1.05 bits per heavy atom. The van der Waals surface area contributed by atoms with Gasteiger partial charge in [-0.3, -0.25) is 14.5 Å². The van der Waals surface area contributed by atoms with Crippen LogP contribution < -0.4 is 10.1 Å². The summed E-state index contributed by atoms with van der Waals surface area (Å²) in [5.41, 5.74) is 3.13. The first-order chi connectivity index (χ1) is 18.1. The molecule has 2 aromatic carbocycles. The monoisotopic (exact) mass is 550 g/mol. The van der Waals surface area contributed by atoms with Crippen LogP contribution in [0.4, 0.5) is 0 Å². The van der Waals surface area contributed by atoms with E-state index in [-0.39, 0.29) is 35.5 Å². The summed E-state index contributed by atoms with van der Waals surface area (Å²) in [4.78, 5) is 41.0. The molecule has 4 atom stereocenters. The fourth-order valence-electron chi connectivity index (χ4n) is 5.47. The number of ether oxygens (including phenoxy) is 2. The van der Waals surface area contributed by atoms with Gasteiger partial charge in [-0.1, -0.05) is 68.1 Å². The SMILES string of the molecule is COc1ccc(COC(=O)C2=C3C[C@H](C[Si](C)(C)C)[C@@H]3S[C@@H]3[C@H](NC(=O)Cc4ccccc4)C(=O)N23)cc1. The maximum atomic E-state index is 13.4. The predicted octanol–water partition coefficient (Wildman–Crippen LogP) is 4.36. The molecular weight excluding hydrogens is 516 g/mol. The van der Waals surface area contributed by atoms with Crippen molar-refractivity contribution in [1.82, 2.24) is 10.2 Å². The number of esters is 1. The second-order valence-electron chi connectivity index (χ2n) is 11.4. The minimum Gasteiger partial charge on any atom is -0.497 e. The molecule has 1 saturated carbocycles. The fourth-order valence-corrected chi connectivity index (χ4v) is 9.36. The lowest BCUT2D eigenvalue weighted by Gasteiger charge is -2.56. The number of nitrogens with one attached hydrogen (secondary N) is 1. The van der Waals surface area contributed by atoms with Gasteiger partial charge in [0.25, 0.3) is 5.91 Å². The van der Waals surface area contributed by atoms with Gasteiger partial charge in [-0.05, 0) is 41.2 Å². The first kappa shape index (κ1) is 26.6. The van der Waals surface area contributed by atoms with E-state index in [0.29, 0.717) is 11.6 Å². The molecule has 2 heterocycles. The molecule has 2 aromatic rings. The Kier molecular flexibility index (Phi) is 7.42. The van der Waals surface area contributed by atoms with Gasteiger partial charge in [0.2, 0.25) is 5.91 Å². The van der Waals surface area contributed by atoms with Crippen molar-refractivity contribution in [3.05, 3.63) is 77.0 Å². The third-order valence-corrected chi connectivity index (χ3v) is 10.7. The Morgan fingerprint density at radius 3 is 2.42 bits per heavy atom.